The van der Waals surface area contributed by atoms with E-state index in [4.69, 9.17) is 5.73 Å². The second-order valence-electron chi connectivity index (χ2n) is 5.43. The summed E-state index contributed by atoms with van der Waals surface area (Å²) in [6.07, 6.45) is 3.17. The monoisotopic (exact) mass is 349 g/mol. The standard InChI is InChI=1S/C16H16BrNOS/c1-9-2-7-12-13(8-9)20-16(18)14(12)15(19)10-3-5-11(17)6-4-10/h3-6,9H,2,7-8,18H2,1H3/t9-/m0/s1. The Labute approximate surface area is 131 Å². The first kappa shape index (κ1) is 13.8. The van der Waals surface area contributed by atoms with Crippen LogP contribution in [0.25, 0.3) is 0 Å². The van der Waals surface area contributed by atoms with Gasteiger partial charge in [-0.05, 0) is 55.0 Å². The van der Waals surface area contributed by atoms with Gasteiger partial charge >= 0.3 is 0 Å². The molecule has 0 unspecified atom stereocenters. The van der Waals surface area contributed by atoms with E-state index in [2.05, 4.69) is 22.9 Å². The highest BCUT2D eigenvalue weighted by Gasteiger charge is 2.26. The fourth-order valence-electron chi connectivity index (χ4n) is 2.77. The van der Waals surface area contributed by atoms with E-state index in [1.165, 1.54) is 10.4 Å². The molecule has 0 spiro atoms. The third-order valence-corrected chi connectivity index (χ3v) is 5.48. The zero-order chi connectivity index (χ0) is 14.3. The minimum absolute atomic E-state index is 0.0575. The quantitative estimate of drug-likeness (QED) is 0.814. The maximum absolute atomic E-state index is 12.7. The van der Waals surface area contributed by atoms with Crippen LogP contribution in [0, 0.1) is 5.92 Å². The summed E-state index contributed by atoms with van der Waals surface area (Å²) in [6.45, 7) is 2.26. The van der Waals surface area contributed by atoms with Gasteiger partial charge < -0.3 is 5.73 Å². The maximum atomic E-state index is 12.7. The maximum Gasteiger partial charge on any atom is 0.196 e. The van der Waals surface area contributed by atoms with Gasteiger partial charge in [-0.1, -0.05) is 22.9 Å². The van der Waals surface area contributed by atoms with Gasteiger partial charge in [0.2, 0.25) is 0 Å². The minimum atomic E-state index is 0.0575. The Bertz CT molecular complexity index is 660. The summed E-state index contributed by atoms with van der Waals surface area (Å²) in [5, 5.41) is 0.678. The van der Waals surface area contributed by atoms with Crippen LogP contribution in [0.2, 0.25) is 0 Å². The number of nitrogens with two attached hydrogens (primary N) is 1. The number of hydrogen-bond acceptors (Lipinski definition) is 3. The molecule has 20 heavy (non-hydrogen) atoms. The van der Waals surface area contributed by atoms with E-state index < -0.39 is 0 Å². The van der Waals surface area contributed by atoms with Gasteiger partial charge in [-0.25, -0.2) is 0 Å². The number of carbonyl (C=O) groups excluding carboxylic acids is 1. The zero-order valence-electron chi connectivity index (χ0n) is 11.3. The normalized spacial score (nSPS) is 17.8. The molecule has 1 heterocycles. The summed E-state index contributed by atoms with van der Waals surface area (Å²) >= 11 is 4.98. The van der Waals surface area contributed by atoms with Crippen molar-refractivity contribution in [3.8, 4) is 0 Å². The van der Waals surface area contributed by atoms with Crippen molar-refractivity contribution in [2.75, 3.05) is 5.73 Å². The van der Waals surface area contributed by atoms with Gasteiger partial charge in [-0.3, -0.25) is 4.79 Å². The second-order valence-corrected chi connectivity index (χ2v) is 7.48. The smallest absolute Gasteiger partial charge is 0.196 e. The first-order chi connectivity index (χ1) is 9.56. The number of halogens is 1. The fraction of sp³-hybridized carbons (Fsp3) is 0.312. The molecule has 104 valence electrons. The van der Waals surface area contributed by atoms with Gasteiger partial charge in [0, 0.05) is 14.9 Å². The van der Waals surface area contributed by atoms with Crippen LogP contribution in [-0.2, 0) is 12.8 Å². The number of carbonyl (C=O) groups is 1. The Morgan fingerprint density at radius 3 is 2.75 bits per heavy atom. The van der Waals surface area contributed by atoms with Gasteiger partial charge in [-0.15, -0.1) is 11.3 Å². The van der Waals surface area contributed by atoms with Crippen molar-refractivity contribution in [1.82, 2.24) is 0 Å². The van der Waals surface area contributed by atoms with Crippen LogP contribution in [0.4, 0.5) is 5.00 Å². The first-order valence-electron chi connectivity index (χ1n) is 6.76. The molecule has 0 amide bonds. The molecule has 0 fully saturated rings. The van der Waals surface area contributed by atoms with Crippen LogP contribution in [0.15, 0.2) is 28.7 Å². The second kappa shape index (κ2) is 5.34. The van der Waals surface area contributed by atoms with Gasteiger partial charge in [-0.2, -0.15) is 0 Å². The molecule has 0 radical (unpaired) electrons. The van der Waals surface area contributed by atoms with E-state index in [9.17, 15) is 4.79 Å². The van der Waals surface area contributed by atoms with E-state index in [0.29, 0.717) is 16.5 Å². The summed E-state index contributed by atoms with van der Waals surface area (Å²) in [7, 11) is 0. The molecular weight excluding hydrogens is 334 g/mol. The molecule has 1 aromatic carbocycles. The summed E-state index contributed by atoms with van der Waals surface area (Å²) < 4.78 is 0.975. The highest BCUT2D eigenvalue weighted by atomic mass is 79.9. The Morgan fingerprint density at radius 2 is 2.05 bits per heavy atom. The number of nitrogen functional groups attached to an aromatic ring is 1. The Morgan fingerprint density at radius 1 is 1.35 bits per heavy atom. The third kappa shape index (κ3) is 2.42. The molecule has 2 N–H and O–H groups in total. The molecule has 3 rings (SSSR count). The Kier molecular flexibility index (Phi) is 3.69. The van der Waals surface area contributed by atoms with Crippen LogP contribution in [-0.4, -0.2) is 5.78 Å². The summed E-state index contributed by atoms with van der Waals surface area (Å²) in [5.41, 5.74) is 8.77. The van der Waals surface area contributed by atoms with E-state index in [1.807, 2.05) is 24.3 Å². The summed E-state index contributed by atoms with van der Waals surface area (Å²) in [4.78, 5) is 14.0. The lowest BCUT2D eigenvalue weighted by molar-refractivity contribution is 0.103. The average Bonchev–Trinajstić information content (AvgIpc) is 2.73. The van der Waals surface area contributed by atoms with Crippen molar-refractivity contribution >= 4 is 38.1 Å². The van der Waals surface area contributed by atoms with Gasteiger partial charge in [0.15, 0.2) is 5.78 Å². The lowest BCUT2D eigenvalue weighted by Crippen LogP contribution is -2.13. The van der Waals surface area contributed by atoms with Crippen LogP contribution in [0.3, 0.4) is 0 Å². The van der Waals surface area contributed by atoms with E-state index in [0.717, 1.165) is 29.3 Å². The predicted molar refractivity (Wildman–Crippen MR) is 87.5 cm³/mol. The minimum Gasteiger partial charge on any atom is -0.390 e. The molecule has 0 aliphatic heterocycles. The topological polar surface area (TPSA) is 43.1 Å². The number of hydrogen-bond donors (Lipinski definition) is 1. The average molecular weight is 350 g/mol. The van der Waals surface area contributed by atoms with Crippen molar-refractivity contribution in [2.45, 2.75) is 26.2 Å². The summed E-state index contributed by atoms with van der Waals surface area (Å²) in [6, 6.07) is 7.48. The molecule has 2 nitrogen and oxygen atoms in total. The summed E-state index contributed by atoms with van der Waals surface area (Å²) in [5.74, 6) is 0.748. The Balaban J connectivity index is 2.02. The number of fused-ring (bicyclic) bond motifs is 1. The fourth-order valence-corrected chi connectivity index (χ4v) is 4.31. The highest BCUT2D eigenvalue weighted by molar-refractivity contribution is 9.10. The number of thiophene rings is 1. The van der Waals surface area contributed by atoms with Crippen molar-refractivity contribution in [1.29, 1.82) is 0 Å². The van der Waals surface area contributed by atoms with Crippen LogP contribution < -0.4 is 5.73 Å². The van der Waals surface area contributed by atoms with Crippen LogP contribution in [0.5, 0.6) is 0 Å². The number of anilines is 1. The number of rotatable bonds is 2. The van der Waals surface area contributed by atoms with E-state index >= 15 is 0 Å². The van der Waals surface area contributed by atoms with Gasteiger partial charge in [0.1, 0.15) is 0 Å². The molecule has 1 aromatic heterocycles. The Hall–Kier alpha value is -1.13. The SMILES string of the molecule is C[C@H]1CCc2c(sc(N)c2C(=O)c2ccc(Br)cc2)C1. The van der Waals surface area contributed by atoms with Gasteiger partial charge in [0.25, 0.3) is 0 Å². The van der Waals surface area contributed by atoms with E-state index in [1.54, 1.807) is 11.3 Å². The number of benzene rings is 1. The molecule has 4 heteroatoms. The largest absolute Gasteiger partial charge is 0.390 e. The van der Waals surface area contributed by atoms with Crippen molar-refractivity contribution < 1.29 is 4.79 Å². The molecule has 0 saturated carbocycles. The molecule has 0 bridgehead atoms. The molecule has 1 atom stereocenters. The molecular formula is C16H16BrNOS. The highest BCUT2D eigenvalue weighted by Crippen LogP contribution is 2.39. The lowest BCUT2D eigenvalue weighted by Gasteiger charge is -2.18. The zero-order valence-corrected chi connectivity index (χ0v) is 13.7. The molecule has 1 aliphatic carbocycles. The third-order valence-electron chi connectivity index (χ3n) is 3.87. The van der Waals surface area contributed by atoms with Crippen molar-refractivity contribution in [3.63, 3.8) is 0 Å². The van der Waals surface area contributed by atoms with Crippen molar-refractivity contribution in [2.24, 2.45) is 5.92 Å². The van der Waals surface area contributed by atoms with Crippen LogP contribution >= 0.6 is 27.3 Å². The van der Waals surface area contributed by atoms with Gasteiger partial charge in [0.05, 0.1) is 10.6 Å². The number of ketones is 1. The van der Waals surface area contributed by atoms with E-state index in [-0.39, 0.29) is 5.78 Å². The molecule has 2 aromatic rings. The van der Waals surface area contributed by atoms with Crippen molar-refractivity contribution in [3.05, 3.63) is 50.3 Å². The first-order valence-corrected chi connectivity index (χ1v) is 8.37. The predicted octanol–water partition coefficient (Wildman–Crippen LogP) is 4.45. The lowest BCUT2D eigenvalue weighted by atomic mass is 9.87. The molecule has 1 aliphatic rings. The van der Waals surface area contributed by atoms with Crippen LogP contribution in [0.1, 0.15) is 39.7 Å². The molecule has 0 saturated heterocycles.